The predicted octanol–water partition coefficient (Wildman–Crippen LogP) is 6.48. The second-order valence-corrected chi connectivity index (χ2v) is 7.58. The van der Waals surface area contributed by atoms with E-state index in [1.165, 1.54) is 22.3 Å². The van der Waals surface area contributed by atoms with Crippen molar-refractivity contribution < 1.29 is 0 Å². The minimum absolute atomic E-state index is 0.0744. The summed E-state index contributed by atoms with van der Waals surface area (Å²) < 4.78 is 0. The van der Waals surface area contributed by atoms with E-state index in [0.29, 0.717) is 11.8 Å². The zero-order valence-electron chi connectivity index (χ0n) is 15.3. The number of hydrogen-bond donors (Lipinski definition) is 0. The third-order valence-corrected chi connectivity index (χ3v) is 6.28. The standard InChI is InChI=1S/C27H23/c1-4-12-21(13-5-1)25-20-27(22-14-6-2-7-15-22,23-16-8-3-9-17-23)26-19-11-10-18-24(25)26/h1-19,24-25H,20H2/q+1. The quantitative estimate of drug-likeness (QED) is 0.476. The molecular weight excluding hydrogens is 324 g/mol. The van der Waals surface area contributed by atoms with E-state index in [1.54, 1.807) is 0 Å². The van der Waals surface area contributed by atoms with Crippen LogP contribution in [0, 0.1) is 12.3 Å². The van der Waals surface area contributed by atoms with Crippen LogP contribution in [0.4, 0.5) is 0 Å². The lowest BCUT2D eigenvalue weighted by molar-refractivity contribution is 0.561. The molecule has 3 aromatic carbocycles. The van der Waals surface area contributed by atoms with E-state index in [9.17, 15) is 0 Å². The average Bonchev–Trinajstić information content (AvgIpc) is 3.12. The smallest absolute Gasteiger partial charge is 0.0622 e. The first kappa shape index (κ1) is 16.2. The van der Waals surface area contributed by atoms with E-state index in [-0.39, 0.29) is 5.41 Å². The van der Waals surface area contributed by atoms with Gasteiger partial charge in [-0.25, -0.2) is 0 Å². The Morgan fingerprint density at radius 2 is 1.26 bits per heavy atom. The number of hydrogen-bond acceptors (Lipinski definition) is 0. The van der Waals surface area contributed by atoms with Crippen molar-refractivity contribution in [3.63, 3.8) is 0 Å². The monoisotopic (exact) mass is 347 g/mol. The van der Waals surface area contributed by atoms with E-state index >= 15 is 0 Å². The van der Waals surface area contributed by atoms with Crippen molar-refractivity contribution in [2.24, 2.45) is 5.92 Å². The first-order valence-corrected chi connectivity index (χ1v) is 9.78. The van der Waals surface area contributed by atoms with Gasteiger partial charge in [-0.3, -0.25) is 0 Å². The Hall–Kier alpha value is -2.99. The fourth-order valence-electron chi connectivity index (χ4n) is 5.12. The molecule has 0 saturated heterocycles. The Kier molecular flexibility index (Phi) is 3.98. The van der Waals surface area contributed by atoms with Crippen LogP contribution in [0.15, 0.2) is 115 Å². The molecule has 0 amide bonds. The lowest BCUT2D eigenvalue weighted by Gasteiger charge is -2.33. The predicted molar refractivity (Wildman–Crippen MR) is 112 cm³/mol. The highest BCUT2D eigenvalue weighted by molar-refractivity contribution is 5.57. The first-order chi connectivity index (χ1) is 13.4. The zero-order valence-corrected chi connectivity index (χ0v) is 15.3. The van der Waals surface area contributed by atoms with Gasteiger partial charge in [-0.2, -0.15) is 0 Å². The molecule has 0 N–H and O–H groups in total. The van der Waals surface area contributed by atoms with Gasteiger partial charge < -0.3 is 0 Å². The molecule has 5 rings (SSSR count). The molecule has 0 nitrogen and oxygen atoms in total. The molecular formula is C27H23+. The molecule has 3 aromatic rings. The Balaban J connectivity index is 1.75. The molecule has 0 heterocycles. The molecule has 1 fully saturated rings. The van der Waals surface area contributed by atoms with E-state index in [4.69, 9.17) is 0 Å². The molecule has 0 aromatic heterocycles. The van der Waals surface area contributed by atoms with Crippen molar-refractivity contribution in [3.05, 3.63) is 138 Å². The third kappa shape index (κ3) is 2.56. The highest BCUT2D eigenvalue weighted by Crippen LogP contribution is 2.59. The molecule has 0 spiro atoms. The Bertz CT molecular complexity index is 925. The Labute approximate surface area is 161 Å². The summed E-state index contributed by atoms with van der Waals surface area (Å²) in [5, 5.41) is 0. The van der Waals surface area contributed by atoms with E-state index < -0.39 is 0 Å². The van der Waals surface area contributed by atoms with Crippen LogP contribution in [0.25, 0.3) is 0 Å². The molecule has 0 bridgehead atoms. The topological polar surface area (TPSA) is 0 Å². The summed E-state index contributed by atoms with van der Waals surface area (Å²) in [5.74, 6) is 0.931. The van der Waals surface area contributed by atoms with Crippen molar-refractivity contribution in [2.75, 3.05) is 0 Å². The van der Waals surface area contributed by atoms with Crippen LogP contribution < -0.4 is 0 Å². The van der Waals surface area contributed by atoms with Crippen LogP contribution in [0.2, 0.25) is 0 Å². The van der Waals surface area contributed by atoms with Crippen molar-refractivity contribution in [2.45, 2.75) is 17.8 Å². The van der Waals surface area contributed by atoms with Crippen LogP contribution in [0.1, 0.15) is 29.0 Å². The summed E-state index contributed by atoms with van der Waals surface area (Å²) in [6.45, 7) is 0. The summed E-state index contributed by atoms with van der Waals surface area (Å²) in [7, 11) is 0. The fourth-order valence-corrected chi connectivity index (χ4v) is 5.12. The van der Waals surface area contributed by atoms with Crippen LogP contribution in [0.5, 0.6) is 0 Å². The van der Waals surface area contributed by atoms with E-state index in [1.807, 2.05) is 0 Å². The maximum Gasteiger partial charge on any atom is 0.0946 e. The van der Waals surface area contributed by atoms with Gasteiger partial charge in [0.25, 0.3) is 0 Å². The van der Waals surface area contributed by atoms with Gasteiger partial charge in [0.1, 0.15) is 0 Å². The van der Waals surface area contributed by atoms with E-state index in [0.717, 1.165) is 6.42 Å². The normalized spacial score (nSPS) is 22.6. The van der Waals surface area contributed by atoms with Gasteiger partial charge >= 0.3 is 0 Å². The minimum atomic E-state index is -0.0744. The third-order valence-electron chi connectivity index (χ3n) is 6.28. The van der Waals surface area contributed by atoms with Crippen LogP contribution in [-0.2, 0) is 5.41 Å². The summed E-state index contributed by atoms with van der Waals surface area (Å²) in [4.78, 5) is 0. The molecule has 27 heavy (non-hydrogen) atoms. The second kappa shape index (κ2) is 6.63. The van der Waals surface area contributed by atoms with Crippen LogP contribution in [0.3, 0.4) is 0 Å². The maximum absolute atomic E-state index is 2.40. The number of benzene rings is 3. The van der Waals surface area contributed by atoms with Gasteiger partial charge in [0.2, 0.25) is 0 Å². The van der Waals surface area contributed by atoms with Crippen molar-refractivity contribution in [1.29, 1.82) is 0 Å². The molecule has 2 aliphatic carbocycles. The molecule has 130 valence electrons. The molecule has 2 aliphatic rings. The SMILES string of the molecule is C1=C[CH+]C2C(=C1)C(c1ccccc1)(c1ccccc1)CC2c1ccccc1. The highest BCUT2D eigenvalue weighted by Gasteiger charge is 2.54. The lowest BCUT2D eigenvalue weighted by atomic mass is 9.68. The fraction of sp³-hybridized carbons (Fsp3) is 0.148. The molecule has 2 unspecified atom stereocenters. The summed E-state index contributed by atoms with van der Waals surface area (Å²) in [6, 6.07) is 33.2. The van der Waals surface area contributed by atoms with Crippen molar-refractivity contribution >= 4 is 0 Å². The van der Waals surface area contributed by atoms with Gasteiger partial charge in [0, 0.05) is 23.8 Å². The minimum Gasteiger partial charge on any atom is -0.0622 e. The highest BCUT2D eigenvalue weighted by atomic mass is 14.5. The van der Waals surface area contributed by atoms with Crippen LogP contribution >= 0.6 is 0 Å². The van der Waals surface area contributed by atoms with Gasteiger partial charge in [0.05, 0.1) is 18.1 Å². The van der Waals surface area contributed by atoms with Gasteiger partial charge in [0.15, 0.2) is 0 Å². The van der Waals surface area contributed by atoms with Crippen molar-refractivity contribution in [1.82, 2.24) is 0 Å². The summed E-state index contributed by atoms with van der Waals surface area (Å²) >= 11 is 0. The average molecular weight is 347 g/mol. The Morgan fingerprint density at radius 1 is 0.704 bits per heavy atom. The maximum atomic E-state index is 2.40. The summed E-state index contributed by atoms with van der Waals surface area (Å²) in [6.07, 6.45) is 10.3. The van der Waals surface area contributed by atoms with Gasteiger partial charge in [-0.05, 0) is 28.7 Å². The number of fused-ring (bicyclic) bond motifs is 1. The zero-order chi connectivity index (χ0) is 18.1. The largest absolute Gasteiger partial charge is 0.0946 e. The first-order valence-electron chi connectivity index (χ1n) is 9.78. The Morgan fingerprint density at radius 3 is 1.85 bits per heavy atom. The molecule has 0 aliphatic heterocycles. The van der Waals surface area contributed by atoms with E-state index in [2.05, 4.69) is 116 Å². The molecule has 1 saturated carbocycles. The number of rotatable bonds is 3. The van der Waals surface area contributed by atoms with Crippen LogP contribution in [-0.4, -0.2) is 0 Å². The van der Waals surface area contributed by atoms with Gasteiger partial charge in [-0.15, -0.1) is 0 Å². The lowest BCUT2D eigenvalue weighted by Crippen LogP contribution is -2.27. The molecule has 0 heteroatoms. The number of allylic oxidation sites excluding steroid dienone is 4. The second-order valence-electron chi connectivity index (χ2n) is 7.58. The molecule has 0 radical (unpaired) electrons. The summed E-state index contributed by atoms with van der Waals surface area (Å²) in [5.41, 5.74) is 5.68. The van der Waals surface area contributed by atoms with Gasteiger partial charge in [-0.1, -0.05) is 91.0 Å². The van der Waals surface area contributed by atoms with Crippen molar-refractivity contribution in [3.8, 4) is 0 Å². The molecule has 2 atom stereocenters.